The van der Waals surface area contributed by atoms with Gasteiger partial charge in [0.1, 0.15) is 17.9 Å². The van der Waals surface area contributed by atoms with Crippen molar-refractivity contribution in [3.05, 3.63) is 23.8 Å². The number of benzene rings is 1. The summed E-state index contributed by atoms with van der Waals surface area (Å²) < 4.78 is 11.4. The summed E-state index contributed by atoms with van der Waals surface area (Å²) in [7, 11) is 0. The van der Waals surface area contributed by atoms with Gasteiger partial charge in [0.15, 0.2) is 0 Å². The van der Waals surface area contributed by atoms with Crippen LogP contribution in [-0.4, -0.2) is 43.2 Å². The Morgan fingerprint density at radius 2 is 1.88 bits per heavy atom. The third-order valence-electron chi connectivity index (χ3n) is 4.46. The highest BCUT2D eigenvalue weighted by atomic mass is 16.5. The maximum atomic E-state index is 12.6. The van der Waals surface area contributed by atoms with Crippen molar-refractivity contribution in [3.63, 3.8) is 0 Å². The van der Waals surface area contributed by atoms with E-state index in [1.165, 1.54) is 0 Å². The van der Waals surface area contributed by atoms with Crippen LogP contribution in [0.5, 0.6) is 5.75 Å². The normalized spacial score (nSPS) is 12.4. The second-order valence-corrected chi connectivity index (χ2v) is 7.06. The van der Waals surface area contributed by atoms with E-state index in [2.05, 4.69) is 39.5 Å². The molecular weight excluding hydrogens is 328 g/mol. The van der Waals surface area contributed by atoms with Gasteiger partial charge in [0.25, 0.3) is 0 Å². The van der Waals surface area contributed by atoms with Gasteiger partial charge in [0.05, 0.1) is 6.61 Å². The van der Waals surface area contributed by atoms with E-state index in [9.17, 15) is 4.79 Å². The zero-order valence-corrected chi connectivity index (χ0v) is 17.1. The molecule has 26 heavy (non-hydrogen) atoms. The Hall–Kier alpha value is -1.75. The average molecular weight is 365 g/mol. The molecule has 5 nitrogen and oxygen atoms in total. The molecule has 0 heterocycles. The van der Waals surface area contributed by atoms with Crippen LogP contribution in [0.25, 0.3) is 0 Å². The first-order valence-electron chi connectivity index (χ1n) is 9.86. The van der Waals surface area contributed by atoms with Gasteiger partial charge in [-0.25, -0.2) is 4.79 Å². The quantitative estimate of drug-likeness (QED) is 0.339. The number of esters is 1. The molecule has 0 bridgehead atoms. The minimum Gasteiger partial charge on any atom is -0.493 e. The van der Waals surface area contributed by atoms with Crippen LogP contribution in [0.2, 0.25) is 0 Å². The summed E-state index contributed by atoms with van der Waals surface area (Å²) in [5.74, 6) is 0.702. The van der Waals surface area contributed by atoms with Crippen LogP contribution in [-0.2, 0) is 4.74 Å². The third kappa shape index (κ3) is 7.24. The molecule has 0 saturated carbocycles. The fraction of sp³-hybridized carbons (Fsp3) is 0.667. The molecule has 0 aliphatic heterocycles. The van der Waals surface area contributed by atoms with Crippen LogP contribution in [0, 0.1) is 5.92 Å². The standard InChI is InChI=1S/C21H36N2O3/c1-6-9-12-25-20-14-17(22)10-11-19(20)21(24)26-15-18(13-16(4)5)23(7-2)8-3/h10-11,14,16,18H,6-9,12-13,15,22H2,1-5H3/t18-/m0/s1. The highest BCUT2D eigenvalue weighted by Gasteiger charge is 2.21. The Morgan fingerprint density at radius 3 is 2.46 bits per heavy atom. The molecule has 2 N–H and O–H groups in total. The molecule has 0 aromatic heterocycles. The maximum absolute atomic E-state index is 12.6. The number of rotatable bonds is 12. The Labute approximate surface area is 158 Å². The monoisotopic (exact) mass is 364 g/mol. The number of hydrogen-bond acceptors (Lipinski definition) is 5. The van der Waals surface area contributed by atoms with Gasteiger partial charge in [-0.3, -0.25) is 4.90 Å². The second-order valence-electron chi connectivity index (χ2n) is 7.06. The number of carbonyl (C=O) groups is 1. The zero-order chi connectivity index (χ0) is 19.5. The van der Waals surface area contributed by atoms with Gasteiger partial charge in [-0.05, 0) is 44.0 Å². The Kier molecular flexibility index (Phi) is 10.1. The van der Waals surface area contributed by atoms with Crippen LogP contribution >= 0.6 is 0 Å². The molecule has 148 valence electrons. The molecule has 0 amide bonds. The van der Waals surface area contributed by atoms with Crippen molar-refractivity contribution in [1.29, 1.82) is 0 Å². The van der Waals surface area contributed by atoms with Crippen LogP contribution in [0.4, 0.5) is 5.69 Å². The lowest BCUT2D eigenvalue weighted by atomic mass is 10.0. The molecule has 0 radical (unpaired) electrons. The molecule has 1 aromatic carbocycles. The predicted octanol–water partition coefficient (Wildman–Crippen LogP) is 4.36. The molecule has 0 aliphatic carbocycles. The number of carbonyl (C=O) groups excluding carboxylic acids is 1. The summed E-state index contributed by atoms with van der Waals surface area (Å²) in [6, 6.07) is 5.32. The van der Waals surface area contributed by atoms with Crippen molar-refractivity contribution in [2.45, 2.75) is 59.9 Å². The van der Waals surface area contributed by atoms with Gasteiger partial charge >= 0.3 is 5.97 Å². The number of ether oxygens (including phenoxy) is 2. The van der Waals surface area contributed by atoms with Gasteiger partial charge in [-0.2, -0.15) is 0 Å². The van der Waals surface area contributed by atoms with E-state index in [-0.39, 0.29) is 12.0 Å². The number of likely N-dealkylation sites (N-methyl/N-ethyl adjacent to an activating group) is 1. The minimum absolute atomic E-state index is 0.229. The molecular formula is C21H36N2O3. The Balaban J connectivity index is 2.81. The second kappa shape index (κ2) is 11.8. The van der Waals surface area contributed by atoms with Crippen molar-refractivity contribution in [1.82, 2.24) is 4.90 Å². The van der Waals surface area contributed by atoms with Gasteiger partial charge in [-0.1, -0.05) is 41.0 Å². The molecule has 1 rings (SSSR count). The van der Waals surface area contributed by atoms with Crippen LogP contribution in [0.15, 0.2) is 18.2 Å². The van der Waals surface area contributed by atoms with E-state index in [1.54, 1.807) is 18.2 Å². The van der Waals surface area contributed by atoms with E-state index in [0.29, 0.717) is 36.1 Å². The molecule has 0 spiro atoms. The summed E-state index contributed by atoms with van der Waals surface area (Å²) in [5.41, 5.74) is 6.87. The van der Waals surface area contributed by atoms with Crippen molar-refractivity contribution in [2.24, 2.45) is 5.92 Å². The van der Waals surface area contributed by atoms with Crippen molar-refractivity contribution in [3.8, 4) is 5.75 Å². The fourth-order valence-electron chi connectivity index (χ4n) is 3.01. The topological polar surface area (TPSA) is 64.8 Å². The van der Waals surface area contributed by atoms with E-state index in [4.69, 9.17) is 15.2 Å². The largest absolute Gasteiger partial charge is 0.493 e. The number of unbranched alkanes of at least 4 members (excludes halogenated alkanes) is 1. The van der Waals surface area contributed by atoms with Crippen LogP contribution in [0.1, 0.15) is 64.2 Å². The Bertz CT molecular complexity index is 542. The van der Waals surface area contributed by atoms with Gasteiger partial charge in [-0.15, -0.1) is 0 Å². The van der Waals surface area contributed by atoms with E-state index in [0.717, 1.165) is 32.4 Å². The molecule has 0 fully saturated rings. The lowest BCUT2D eigenvalue weighted by Gasteiger charge is -2.30. The number of nitrogens with two attached hydrogens (primary N) is 1. The van der Waals surface area contributed by atoms with Crippen LogP contribution < -0.4 is 10.5 Å². The summed E-state index contributed by atoms with van der Waals surface area (Å²) in [6.45, 7) is 13.6. The molecule has 1 atom stereocenters. The summed E-state index contributed by atoms with van der Waals surface area (Å²) in [5, 5.41) is 0. The fourth-order valence-corrected chi connectivity index (χ4v) is 3.01. The Morgan fingerprint density at radius 1 is 1.19 bits per heavy atom. The predicted molar refractivity (Wildman–Crippen MR) is 108 cm³/mol. The van der Waals surface area contributed by atoms with Crippen molar-refractivity contribution >= 4 is 11.7 Å². The lowest BCUT2D eigenvalue weighted by Crippen LogP contribution is -2.40. The van der Waals surface area contributed by atoms with Crippen LogP contribution in [0.3, 0.4) is 0 Å². The van der Waals surface area contributed by atoms with E-state index < -0.39 is 0 Å². The number of anilines is 1. The van der Waals surface area contributed by atoms with Gasteiger partial charge < -0.3 is 15.2 Å². The van der Waals surface area contributed by atoms with Gasteiger partial charge in [0.2, 0.25) is 0 Å². The molecule has 5 heteroatoms. The highest BCUT2D eigenvalue weighted by Crippen LogP contribution is 2.24. The first kappa shape index (κ1) is 22.3. The molecule has 0 aliphatic rings. The van der Waals surface area contributed by atoms with Crippen molar-refractivity contribution in [2.75, 3.05) is 32.0 Å². The average Bonchev–Trinajstić information content (AvgIpc) is 2.60. The first-order chi connectivity index (χ1) is 12.4. The highest BCUT2D eigenvalue weighted by molar-refractivity contribution is 5.93. The summed E-state index contributed by atoms with van der Waals surface area (Å²) >= 11 is 0. The minimum atomic E-state index is -0.350. The third-order valence-corrected chi connectivity index (χ3v) is 4.46. The van der Waals surface area contributed by atoms with Gasteiger partial charge in [0, 0.05) is 17.8 Å². The van der Waals surface area contributed by atoms with Crippen molar-refractivity contribution < 1.29 is 14.3 Å². The molecule has 1 aromatic rings. The zero-order valence-electron chi connectivity index (χ0n) is 17.1. The maximum Gasteiger partial charge on any atom is 0.341 e. The first-order valence-corrected chi connectivity index (χ1v) is 9.86. The number of nitrogens with zero attached hydrogens (tertiary/aromatic N) is 1. The molecule has 0 saturated heterocycles. The smallest absolute Gasteiger partial charge is 0.341 e. The number of hydrogen-bond donors (Lipinski definition) is 1. The molecule has 0 unspecified atom stereocenters. The van der Waals surface area contributed by atoms with E-state index in [1.807, 2.05) is 0 Å². The lowest BCUT2D eigenvalue weighted by molar-refractivity contribution is 0.0327. The summed E-state index contributed by atoms with van der Waals surface area (Å²) in [4.78, 5) is 15.0. The summed E-state index contributed by atoms with van der Waals surface area (Å²) in [6.07, 6.45) is 2.96. The van der Waals surface area contributed by atoms with E-state index >= 15 is 0 Å². The number of nitrogen functional groups attached to an aromatic ring is 1. The SMILES string of the molecule is CCCCOc1cc(N)ccc1C(=O)OC[C@H](CC(C)C)N(CC)CC.